The summed E-state index contributed by atoms with van der Waals surface area (Å²) in [6.45, 7) is 3.15. The number of sulfonamides is 1. The van der Waals surface area contributed by atoms with Gasteiger partial charge in [-0.1, -0.05) is 18.5 Å². The van der Waals surface area contributed by atoms with E-state index in [1.165, 1.54) is 45.0 Å². The first kappa shape index (κ1) is 26.4. The number of thiophene rings is 1. The predicted molar refractivity (Wildman–Crippen MR) is 119 cm³/mol. The molecule has 1 aromatic carbocycles. The summed E-state index contributed by atoms with van der Waals surface area (Å²) >= 11 is 8.17. The van der Waals surface area contributed by atoms with E-state index in [2.05, 4.69) is 11.4 Å². The topological polar surface area (TPSA) is 86.7 Å². The summed E-state index contributed by atoms with van der Waals surface area (Å²) in [7, 11) is -1.89. The largest absolute Gasteiger partial charge is 0.490 e. The van der Waals surface area contributed by atoms with Crippen LogP contribution in [-0.4, -0.2) is 43.6 Å². The zero-order chi connectivity index (χ0) is 24.1. The normalized spacial score (nSPS) is 13.5. The maximum absolute atomic E-state index is 12.5. The Hall–Kier alpha value is -1.82. The van der Waals surface area contributed by atoms with Gasteiger partial charge >= 0.3 is 12.1 Å². The van der Waals surface area contributed by atoms with Gasteiger partial charge in [0.2, 0.25) is 10.0 Å². The number of benzene rings is 1. The Morgan fingerprint density at radius 1 is 1.28 bits per heavy atom. The van der Waals surface area contributed by atoms with E-state index in [4.69, 9.17) is 21.5 Å². The second kappa shape index (κ2) is 10.9. The Balaban J connectivity index is 0.000000451. The summed E-state index contributed by atoms with van der Waals surface area (Å²) in [5, 5.41) is 10.9. The molecule has 1 aliphatic carbocycles. The SMILES string of the molecule is CCCN(C)S(=O)(=O)c1ccc(NCc2cc3c(s2)CCC3)c(Cl)c1.O=C(O)C(F)(F)F. The minimum Gasteiger partial charge on any atom is -0.475 e. The standard InChI is InChI=1S/C18H23ClN2O2S2.C2HF3O2/c1-3-9-21(2)25(22,23)15-7-8-17(16(19)11-15)20-12-14-10-13-5-4-6-18(13)24-14;3-2(4,5)1(6)7/h7-8,10-11,20H,3-6,9,12H2,1-2H3;(H,6,7). The van der Waals surface area contributed by atoms with Gasteiger partial charge in [0.25, 0.3) is 0 Å². The minimum atomic E-state index is -5.08. The van der Waals surface area contributed by atoms with Crippen molar-refractivity contribution in [3.8, 4) is 0 Å². The third-order valence-corrected chi connectivity index (χ3v) is 8.08. The molecule has 1 aromatic heterocycles. The summed E-state index contributed by atoms with van der Waals surface area (Å²) in [5.74, 6) is -2.76. The summed E-state index contributed by atoms with van der Waals surface area (Å²) in [6, 6.07) is 7.16. The van der Waals surface area contributed by atoms with Gasteiger partial charge in [-0.15, -0.1) is 11.3 Å². The quantitative estimate of drug-likeness (QED) is 0.534. The van der Waals surface area contributed by atoms with Gasteiger partial charge in [0.1, 0.15) is 0 Å². The van der Waals surface area contributed by atoms with Crippen molar-refractivity contribution in [1.29, 1.82) is 0 Å². The molecular weight excluding hydrogens is 489 g/mol. The number of aliphatic carboxylic acids is 1. The number of carbonyl (C=O) groups is 1. The molecule has 6 nitrogen and oxygen atoms in total. The lowest BCUT2D eigenvalue weighted by Crippen LogP contribution is -2.27. The number of carboxylic acid groups (broad SMARTS) is 1. The Morgan fingerprint density at radius 3 is 2.47 bits per heavy atom. The average molecular weight is 513 g/mol. The van der Waals surface area contributed by atoms with Crippen LogP contribution in [0.5, 0.6) is 0 Å². The van der Waals surface area contributed by atoms with Crippen LogP contribution in [0.4, 0.5) is 18.9 Å². The van der Waals surface area contributed by atoms with Crippen molar-refractivity contribution in [2.45, 2.75) is 50.2 Å². The fraction of sp³-hybridized carbons (Fsp3) is 0.450. The van der Waals surface area contributed by atoms with Crippen LogP contribution in [-0.2, 0) is 34.2 Å². The first-order valence-corrected chi connectivity index (χ1v) is 12.4. The van der Waals surface area contributed by atoms with E-state index in [9.17, 15) is 21.6 Å². The second-order valence-corrected chi connectivity index (χ2v) is 10.8. The zero-order valence-electron chi connectivity index (χ0n) is 17.5. The third kappa shape index (κ3) is 6.84. The van der Waals surface area contributed by atoms with Crippen LogP contribution in [0.1, 0.15) is 35.1 Å². The molecule has 0 saturated carbocycles. The van der Waals surface area contributed by atoms with Crippen LogP contribution in [0.2, 0.25) is 5.02 Å². The van der Waals surface area contributed by atoms with Crippen LogP contribution in [0.3, 0.4) is 0 Å². The zero-order valence-corrected chi connectivity index (χ0v) is 19.9. The van der Waals surface area contributed by atoms with E-state index < -0.39 is 22.2 Å². The smallest absolute Gasteiger partial charge is 0.475 e. The number of hydrogen-bond acceptors (Lipinski definition) is 5. The molecule has 1 aliphatic rings. The molecule has 0 unspecified atom stereocenters. The molecule has 3 rings (SSSR count). The van der Waals surface area contributed by atoms with E-state index in [0.717, 1.165) is 12.1 Å². The molecule has 0 atom stereocenters. The fourth-order valence-corrected chi connectivity index (χ4v) is 5.88. The predicted octanol–water partition coefficient (Wildman–Crippen LogP) is 5.17. The van der Waals surface area contributed by atoms with Crippen molar-refractivity contribution >= 4 is 44.6 Å². The van der Waals surface area contributed by atoms with Gasteiger partial charge in [-0.05, 0) is 55.5 Å². The van der Waals surface area contributed by atoms with E-state index in [0.29, 0.717) is 18.1 Å². The Bertz CT molecular complexity index is 1030. The van der Waals surface area contributed by atoms with E-state index in [1.54, 1.807) is 19.2 Å². The third-order valence-electron chi connectivity index (χ3n) is 4.68. The van der Waals surface area contributed by atoms with Crippen molar-refractivity contribution in [3.05, 3.63) is 44.6 Å². The maximum Gasteiger partial charge on any atom is 0.490 e. The number of rotatable bonds is 7. The number of halogens is 4. The van der Waals surface area contributed by atoms with Crippen molar-refractivity contribution in [2.24, 2.45) is 0 Å². The summed E-state index contributed by atoms with van der Waals surface area (Å²) in [4.78, 5) is 11.9. The second-order valence-electron chi connectivity index (χ2n) is 7.14. The number of carboxylic acids is 1. The lowest BCUT2D eigenvalue weighted by atomic mass is 10.2. The van der Waals surface area contributed by atoms with Gasteiger partial charge in [-0.25, -0.2) is 17.5 Å². The number of alkyl halides is 3. The number of nitrogens with one attached hydrogen (secondary N) is 1. The molecule has 0 radical (unpaired) electrons. The van der Waals surface area contributed by atoms with Crippen molar-refractivity contribution in [2.75, 3.05) is 18.9 Å². The molecule has 0 saturated heterocycles. The van der Waals surface area contributed by atoms with Crippen LogP contribution in [0.25, 0.3) is 0 Å². The van der Waals surface area contributed by atoms with Crippen LogP contribution >= 0.6 is 22.9 Å². The Kier molecular flexibility index (Phi) is 8.98. The molecule has 12 heteroatoms. The molecule has 0 bridgehead atoms. The van der Waals surface area contributed by atoms with Gasteiger partial charge in [0, 0.05) is 29.9 Å². The van der Waals surface area contributed by atoms with Crippen molar-refractivity contribution in [1.82, 2.24) is 4.31 Å². The number of anilines is 1. The number of hydrogen-bond donors (Lipinski definition) is 2. The number of aryl methyl sites for hydroxylation is 2. The highest BCUT2D eigenvalue weighted by Gasteiger charge is 2.38. The van der Waals surface area contributed by atoms with Gasteiger partial charge in [-0.2, -0.15) is 13.2 Å². The van der Waals surface area contributed by atoms with Gasteiger partial charge in [0.05, 0.1) is 15.6 Å². The highest BCUT2D eigenvalue weighted by atomic mass is 35.5. The molecule has 0 aliphatic heterocycles. The molecule has 0 fully saturated rings. The van der Waals surface area contributed by atoms with Crippen LogP contribution < -0.4 is 5.32 Å². The molecule has 2 aromatic rings. The summed E-state index contributed by atoms with van der Waals surface area (Å²) < 4.78 is 58.1. The molecule has 0 amide bonds. The van der Waals surface area contributed by atoms with Crippen molar-refractivity contribution < 1.29 is 31.5 Å². The van der Waals surface area contributed by atoms with E-state index in [-0.39, 0.29) is 4.90 Å². The summed E-state index contributed by atoms with van der Waals surface area (Å²) in [6.07, 6.45) is -0.667. The lowest BCUT2D eigenvalue weighted by Gasteiger charge is -2.17. The molecule has 1 heterocycles. The molecule has 0 spiro atoms. The van der Waals surface area contributed by atoms with E-state index in [1.807, 2.05) is 18.3 Å². The molecule has 32 heavy (non-hydrogen) atoms. The number of nitrogens with zero attached hydrogens (tertiary/aromatic N) is 1. The average Bonchev–Trinajstić information content (AvgIpc) is 3.28. The summed E-state index contributed by atoms with van der Waals surface area (Å²) in [5.41, 5.74) is 2.24. The Labute approximate surface area is 194 Å². The minimum absolute atomic E-state index is 0.231. The first-order chi connectivity index (χ1) is 14.9. The van der Waals surface area contributed by atoms with Crippen LogP contribution in [0.15, 0.2) is 29.2 Å². The fourth-order valence-electron chi connectivity index (χ4n) is 3.07. The first-order valence-electron chi connectivity index (χ1n) is 9.76. The monoisotopic (exact) mass is 512 g/mol. The highest BCUT2D eigenvalue weighted by molar-refractivity contribution is 7.89. The highest BCUT2D eigenvalue weighted by Crippen LogP contribution is 2.32. The van der Waals surface area contributed by atoms with Gasteiger partial charge in [-0.3, -0.25) is 0 Å². The van der Waals surface area contributed by atoms with Gasteiger partial charge in [0.15, 0.2) is 0 Å². The number of fused-ring (bicyclic) bond motifs is 1. The van der Waals surface area contributed by atoms with Gasteiger partial charge < -0.3 is 10.4 Å². The molecule has 2 N–H and O–H groups in total. The van der Waals surface area contributed by atoms with Crippen molar-refractivity contribution in [3.63, 3.8) is 0 Å². The van der Waals surface area contributed by atoms with E-state index >= 15 is 0 Å². The Morgan fingerprint density at radius 2 is 1.94 bits per heavy atom. The molecule has 178 valence electrons. The molecular formula is C20H24ClF3N2O4S2. The maximum atomic E-state index is 12.5. The van der Waals surface area contributed by atoms with Crippen LogP contribution in [0, 0.1) is 0 Å². The lowest BCUT2D eigenvalue weighted by molar-refractivity contribution is -0.192.